The Labute approximate surface area is 114 Å². The van der Waals surface area contributed by atoms with Crippen LogP contribution >= 0.6 is 0 Å². The topological polar surface area (TPSA) is 41.1 Å². The van der Waals surface area contributed by atoms with Crippen LogP contribution in [0.15, 0.2) is 36.4 Å². The van der Waals surface area contributed by atoms with Gasteiger partial charge in [-0.3, -0.25) is 4.79 Å². The summed E-state index contributed by atoms with van der Waals surface area (Å²) in [6, 6.07) is 8.58. The molecule has 2 aliphatic rings. The van der Waals surface area contributed by atoms with E-state index in [-0.39, 0.29) is 11.9 Å². The normalized spacial score (nSPS) is 25.7. The molecule has 1 heterocycles. The lowest BCUT2D eigenvalue weighted by molar-refractivity contribution is -0.124. The number of hydrogen-bond acceptors (Lipinski definition) is 2. The Hall–Kier alpha value is -1.61. The third-order valence-electron chi connectivity index (χ3n) is 4.01. The highest BCUT2D eigenvalue weighted by atomic mass is 16.2. The number of rotatable bonds is 2. The maximum atomic E-state index is 12.3. The van der Waals surface area contributed by atoms with Crippen molar-refractivity contribution in [2.75, 3.05) is 0 Å². The number of carbonyl (C=O) groups is 1. The van der Waals surface area contributed by atoms with Crippen molar-refractivity contribution >= 4 is 5.91 Å². The van der Waals surface area contributed by atoms with E-state index in [9.17, 15) is 4.79 Å². The molecule has 0 saturated carbocycles. The van der Waals surface area contributed by atoms with Gasteiger partial charge < -0.3 is 10.6 Å². The zero-order valence-electron chi connectivity index (χ0n) is 11.1. The number of carbonyl (C=O) groups excluding carboxylic acids is 1. The van der Waals surface area contributed by atoms with Crippen LogP contribution in [0.5, 0.6) is 0 Å². The number of allylic oxidation sites excluding steroid dienone is 1. The first kappa shape index (κ1) is 12.4. The molecule has 2 atom stereocenters. The number of hydrogen-bond donors (Lipinski definition) is 2. The standard InChI is InChI=1S/C16H20N2O/c19-16(18-14-8-2-1-3-9-14)15-10-12-6-4-5-7-13(12)11-17-15/h1-2,4-7,14-15,17H,3,8-11H2,(H,18,19)/t14?,15-/m1/s1. The molecule has 1 unspecified atom stereocenters. The van der Waals surface area contributed by atoms with Crippen LogP contribution in [0.25, 0.3) is 0 Å². The molecular weight excluding hydrogens is 236 g/mol. The smallest absolute Gasteiger partial charge is 0.237 e. The third-order valence-corrected chi connectivity index (χ3v) is 4.01. The molecule has 1 aromatic rings. The van der Waals surface area contributed by atoms with Gasteiger partial charge in [0.25, 0.3) is 0 Å². The minimum absolute atomic E-state index is 0.0826. The molecule has 1 aromatic carbocycles. The van der Waals surface area contributed by atoms with Crippen molar-refractivity contribution in [2.45, 2.75) is 44.3 Å². The SMILES string of the molecule is O=C(NC1CC=CCC1)[C@H]1Cc2ccccc2CN1. The Morgan fingerprint density at radius 2 is 2.05 bits per heavy atom. The molecule has 1 aliphatic carbocycles. The van der Waals surface area contributed by atoms with Crippen LogP contribution in [0.4, 0.5) is 0 Å². The molecule has 19 heavy (non-hydrogen) atoms. The Bertz CT molecular complexity index is 495. The van der Waals surface area contributed by atoms with Crippen LogP contribution in [0.2, 0.25) is 0 Å². The molecule has 1 amide bonds. The summed E-state index contributed by atoms with van der Waals surface area (Å²) in [4.78, 5) is 12.3. The molecule has 0 saturated heterocycles. The lowest BCUT2D eigenvalue weighted by atomic mass is 9.94. The molecule has 0 spiro atoms. The summed E-state index contributed by atoms with van der Waals surface area (Å²) >= 11 is 0. The summed E-state index contributed by atoms with van der Waals surface area (Å²) in [5.74, 6) is 0.148. The summed E-state index contributed by atoms with van der Waals surface area (Å²) in [6.07, 6.45) is 8.26. The fourth-order valence-corrected chi connectivity index (χ4v) is 2.87. The van der Waals surface area contributed by atoms with Gasteiger partial charge in [-0.25, -0.2) is 0 Å². The van der Waals surface area contributed by atoms with Gasteiger partial charge in [-0.15, -0.1) is 0 Å². The maximum Gasteiger partial charge on any atom is 0.237 e. The number of nitrogens with one attached hydrogen (secondary N) is 2. The van der Waals surface area contributed by atoms with Crippen LogP contribution in [0, 0.1) is 0 Å². The van der Waals surface area contributed by atoms with Crippen molar-refractivity contribution in [2.24, 2.45) is 0 Å². The minimum atomic E-state index is -0.0826. The quantitative estimate of drug-likeness (QED) is 0.794. The third kappa shape index (κ3) is 2.87. The largest absolute Gasteiger partial charge is 0.352 e. The second-order valence-corrected chi connectivity index (χ2v) is 5.40. The van der Waals surface area contributed by atoms with Crippen LogP contribution in [0.1, 0.15) is 30.4 Å². The minimum Gasteiger partial charge on any atom is -0.352 e. The van der Waals surface area contributed by atoms with Crippen molar-refractivity contribution < 1.29 is 4.79 Å². The summed E-state index contributed by atoms with van der Waals surface area (Å²) < 4.78 is 0. The van der Waals surface area contributed by atoms with Gasteiger partial charge >= 0.3 is 0 Å². The highest BCUT2D eigenvalue weighted by Gasteiger charge is 2.25. The van der Waals surface area contributed by atoms with Crippen LogP contribution < -0.4 is 10.6 Å². The van der Waals surface area contributed by atoms with E-state index in [1.807, 2.05) is 6.07 Å². The van der Waals surface area contributed by atoms with Crippen molar-refractivity contribution in [3.8, 4) is 0 Å². The summed E-state index contributed by atoms with van der Waals surface area (Å²) in [7, 11) is 0. The van der Waals surface area contributed by atoms with Crippen LogP contribution in [0.3, 0.4) is 0 Å². The van der Waals surface area contributed by atoms with Crippen molar-refractivity contribution in [1.29, 1.82) is 0 Å². The Kier molecular flexibility index (Phi) is 3.65. The molecule has 0 aromatic heterocycles. The van der Waals surface area contributed by atoms with Gasteiger partial charge in [0.15, 0.2) is 0 Å². The van der Waals surface area contributed by atoms with Gasteiger partial charge in [0, 0.05) is 12.6 Å². The Morgan fingerprint density at radius 1 is 1.21 bits per heavy atom. The first-order valence-electron chi connectivity index (χ1n) is 7.08. The Morgan fingerprint density at radius 3 is 2.84 bits per heavy atom. The number of benzene rings is 1. The lowest BCUT2D eigenvalue weighted by Gasteiger charge is -2.28. The van der Waals surface area contributed by atoms with E-state index in [0.29, 0.717) is 6.04 Å². The number of fused-ring (bicyclic) bond motifs is 1. The van der Waals surface area contributed by atoms with Crippen molar-refractivity contribution in [3.63, 3.8) is 0 Å². The van der Waals surface area contributed by atoms with Gasteiger partial charge in [-0.05, 0) is 36.8 Å². The average Bonchev–Trinajstić information content (AvgIpc) is 2.48. The zero-order valence-corrected chi connectivity index (χ0v) is 11.1. The number of amides is 1. The lowest BCUT2D eigenvalue weighted by Crippen LogP contribution is -2.50. The van der Waals surface area contributed by atoms with E-state index < -0.39 is 0 Å². The maximum absolute atomic E-state index is 12.3. The highest BCUT2D eigenvalue weighted by Crippen LogP contribution is 2.17. The van der Waals surface area contributed by atoms with E-state index in [1.165, 1.54) is 11.1 Å². The van der Waals surface area contributed by atoms with E-state index in [0.717, 1.165) is 32.2 Å². The monoisotopic (exact) mass is 256 g/mol. The van der Waals surface area contributed by atoms with Gasteiger partial charge in [0.05, 0.1) is 6.04 Å². The second kappa shape index (κ2) is 5.57. The predicted octanol–water partition coefficient (Wildman–Crippen LogP) is 1.93. The van der Waals surface area contributed by atoms with Gasteiger partial charge in [0.2, 0.25) is 5.91 Å². The zero-order chi connectivity index (χ0) is 13.1. The van der Waals surface area contributed by atoms with E-state index in [1.54, 1.807) is 0 Å². The van der Waals surface area contributed by atoms with Crippen LogP contribution in [-0.4, -0.2) is 18.0 Å². The molecule has 0 bridgehead atoms. The van der Waals surface area contributed by atoms with Crippen molar-refractivity contribution in [3.05, 3.63) is 47.5 Å². The molecule has 0 radical (unpaired) electrons. The molecule has 3 nitrogen and oxygen atoms in total. The summed E-state index contributed by atoms with van der Waals surface area (Å²) in [6.45, 7) is 0.791. The molecule has 2 N–H and O–H groups in total. The van der Waals surface area contributed by atoms with E-state index in [2.05, 4.69) is 41.0 Å². The van der Waals surface area contributed by atoms with Crippen LogP contribution in [-0.2, 0) is 17.8 Å². The molecule has 3 heteroatoms. The van der Waals surface area contributed by atoms with E-state index in [4.69, 9.17) is 0 Å². The fraction of sp³-hybridized carbons (Fsp3) is 0.438. The average molecular weight is 256 g/mol. The first-order chi connectivity index (χ1) is 9.33. The molecule has 0 fully saturated rings. The Balaban J connectivity index is 1.61. The van der Waals surface area contributed by atoms with E-state index >= 15 is 0 Å². The van der Waals surface area contributed by atoms with Gasteiger partial charge in [0.1, 0.15) is 0 Å². The first-order valence-corrected chi connectivity index (χ1v) is 7.08. The molecule has 100 valence electrons. The summed E-state index contributed by atoms with van der Waals surface area (Å²) in [5, 5.41) is 6.50. The second-order valence-electron chi connectivity index (χ2n) is 5.40. The molecule has 1 aliphatic heterocycles. The molecule has 3 rings (SSSR count). The summed E-state index contributed by atoms with van der Waals surface area (Å²) in [5.41, 5.74) is 2.61. The van der Waals surface area contributed by atoms with Gasteiger partial charge in [-0.2, -0.15) is 0 Å². The predicted molar refractivity (Wildman–Crippen MR) is 75.7 cm³/mol. The fourth-order valence-electron chi connectivity index (χ4n) is 2.87. The van der Waals surface area contributed by atoms with Crippen molar-refractivity contribution in [1.82, 2.24) is 10.6 Å². The molecular formula is C16H20N2O. The van der Waals surface area contributed by atoms with Gasteiger partial charge in [-0.1, -0.05) is 36.4 Å². The highest BCUT2D eigenvalue weighted by molar-refractivity contribution is 5.82.